The molecule has 12 heavy (non-hydrogen) atoms. The van der Waals surface area contributed by atoms with E-state index in [2.05, 4.69) is 15.9 Å². The van der Waals surface area contributed by atoms with Gasteiger partial charge in [0.1, 0.15) is 0 Å². The molecule has 1 aromatic rings. The van der Waals surface area contributed by atoms with Gasteiger partial charge in [0.2, 0.25) is 0 Å². The third kappa shape index (κ3) is 1.90. The zero-order chi connectivity index (χ0) is 9.14. The molecule has 1 aromatic carbocycles. The van der Waals surface area contributed by atoms with Crippen LogP contribution in [0.4, 0.5) is 5.69 Å². The summed E-state index contributed by atoms with van der Waals surface area (Å²) < 4.78 is 0.786. The number of hydrogen-bond donors (Lipinski definition) is 1. The molecular weight excluding hydrogens is 239 g/mol. The van der Waals surface area contributed by atoms with E-state index in [1.165, 1.54) is 0 Å². The highest BCUT2D eigenvalue weighted by molar-refractivity contribution is 9.10. The van der Waals surface area contributed by atoms with Gasteiger partial charge in [-0.25, -0.2) is 0 Å². The fraction of sp³-hybridized carbons (Fsp3) is 0.125. The molecule has 2 nitrogen and oxygen atoms in total. The van der Waals surface area contributed by atoms with Crippen LogP contribution in [0.3, 0.4) is 0 Å². The quantitative estimate of drug-likeness (QED) is 0.774. The lowest BCUT2D eigenvalue weighted by atomic mass is 10.1. The molecule has 2 N–H and O–H groups in total. The second kappa shape index (κ2) is 3.79. The first kappa shape index (κ1) is 9.37. The van der Waals surface area contributed by atoms with Crippen LogP contribution in [-0.2, 0) is 6.42 Å². The smallest absolute Gasteiger partial charge is 0.0670 e. The van der Waals surface area contributed by atoms with Crippen molar-refractivity contribution in [1.82, 2.24) is 0 Å². The molecule has 0 heterocycles. The second-order valence-electron chi connectivity index (χ2n) is 2.30. The molecule has 0 bridgehead atoms. The fourth-order valence-electron chi connectivity index (χ4n) is 0.871. The maximum Gasteiger partial charge on any atom is 0.0670 e. The largest absolute Gasteiger partial charge is 0.399 e. The van der Waals surface area contributed by atoms with E-state index in [1.807, 2.05) is 6.07 Å². The molecule has 0 spiro atoms. The molecule has 0 saturated heterocycles. The number of nitrogens with two attached hydrogens (primary N) is 1. The molecule has 0 radical (unpaired) electrons. The molecular formula is C8H6BrClN2. The fourth-order valence-corrected chi connectivity index (χ4v) is 1.90. The van der Waals surface area contributed by atoms with Gasteiger partial charge < -0.3 is 5.73 Å². The van der Waals surface area contributed by atoms with Gasteiger partial charge in [0.25, 0.3) is 0 Å². The number of nitriles is 1. The standard InChI is InChI=1S/C8H6BrClN2/c9-7-3-5(12)4-8(10)6(7)1-2-11/h3-4H,1,12H2. The summed E-state index contributed by atoms with van der Waals surface area (Å²) in [5.41, 5.74) is 6.90. The molecule has 0 aliphatic heterocycles. The van der Waals surface area contributed by atoms with Crippen LogP contribution in [0, 0.1) is 11.3 Å². The average molecular weight is 246 g/mol. The summed E-state index contributed by atoms with van der Waals surface area (Å²) >= 11 is 9.14. The third-order valence-corrected chi connectivity index (χ3v) is 2.46. The summed E-state index contributed by atoms with van der Waals surface area (Å²) in [6, 6.07) is 5.40. The van der Waals surface area contributed by atoms with E-state index < -0.39 is 0 Å². The van der Waals surface area contributed by atoms with Gasteiger partial charge in [-0.3, -0.25) is 0 Å². The summed E-state index contributed by atoms with van der Waals surface area (Å²) in [6.07, 6.45) is 0.291. The summed E-state index contributed by atoms with van der Waals surface area (Å²) in [4.78, 5) is 0. The van der Waals surface area contributed by atoms with Crippen molar-refractivity contribution in [3.8, 4) is 6.07 Å². The van der Waals surface area contributed by atoms with E-state index >= 15 is 0 Å². The van der Waals surface area contributed by atoms with Gasteiger partial charge >= 0.3 is 0 Å². The SMILES string of the molecule is N#CCc1c(Cl)cc(N)cc1Br. The molecule has 1 rings (SSSR count). The van der Waals surface area contributed by atoms with E-state index in [0.717, 1.165) is 10.0 Å². The van der Waals surface area contributed by atoms with Crippen molar-refractivity contribution in [2.75, 3.05) is 5.73 Å². The Labute approximate surface area is 84.1 Å². The Morgan fingerprint density at radius 3 is 2.75 bits per heavy atom. The Morgan fingerprint density at radius 1 is 1.58 bits per heavy atom. The van der Waals surface area contributed by atoms with Gasteiger partial charge in [-0.15, -0.1) is 0 Å². The normalized spacial score (nSPS) is 9.42. The number of nitrogens with zero attached hydrogens (tertiary/aromatic N) is 1. The van der Waals surface area contributed by atoms with Crippen molar-refractivity contribution in [3.63, 3.8) is 0 Å². The van der Waals surface area contributed by atoms with Crippen molar-refractivity contribution < 1.29 is 0 Å². The lowest BCUT2D eigenvalue weighted by molar-refractivity contribution is 1.25. The van der Waals surface area contributed by atoms with Crippen molar-refractivity contribution in [2.45, 2.75) is 6.42 Å². The maximum absolute atomic E-state index is 8.48. The molecule has 0 fully saturated rings. The van der Waals surface area contributed by atoms with Crippen molar-refractivity contribution in [2.24, 2.45) is 0 Å². The van der Waals surface area contributed by atoms with Crippen molar-refractivity contribution in [1.29, 1.82) is 5.26 Å². The van der Waals surface area contributed by atoms with Crippen LogP contribution < -0.4 is 5.73 Å². The minimum Gasteiger partial charge on any atom is -0.399 e. The Bertz CT molecular complexity index is 320. The van der Waals surface area contributed by atoms with Crippen LogP contribution >= 0.6 is 27.5 Å². The van der Waals surface area contributed by atoms with Gasteiger partial charge in [-0.1, -0.05) is 27.5 Å². The zero-order valence-electron chi connectivity index (χ0n) is 6.14. The highest BCUT2D eigenvalue weighted by Crippen LogP contribution is 2.28. The predicted octanol–water partition coefficient (Wildman–Crippen LogP) is 2.75. The van der Waals surface area contributed by atoms with Gasteiger partial charge in [-0.2, -0.15) is 5.26 Å². The molecule has 4 heteroatoms. The number of halogens is 2. The maximum atomic E-state index is 8.48. The number of benzene rings is 1. The molecule has 0 aliphatic rings. The minimum atomic E-state index is 0.291. The van der Waals surface area contributed by atoms with Crippen LogP contribution in [-0.4, -0.2) is 0 Å². The average Bonchev–Trinajstić information content (AvgIpc) is 1.96. The Kier molecular flexibility index (Phi) is 2.96. The topological polar surface area (TPSA) is 49.8 Å². The van der Waals surface area contributed by atoms with Gasteiger partial charge in [0, 0.05) is 15.2 Å². The van der Waals surface area contributed by atoms with E-state index in [1.54, 1.807) is 12.1 Å². The first-order chi connectivity index (χ1) is 5.65. The zero-order valence-corrected chi connectivity index (χ0v) is 8.48. The predicted molar refractivity (Wildman–Crippen MR) is 52.9 cm³/mol. The Balaban J connectivity index is 3.21. The number of anilines is 1. The number of hydrogen-bond acceptors (Lipinski definition) is 2. The van der Waals surface area contributed by atoms with Gasteiger partial charge in [0.05, 0.1) is 12.5 Å². The Hall–Kier alpha value is -0.720. The van der Waals surface area contributed by atoms with Crippen LogP contribution in [0.15, 0.2) is 16.6 Å². The summed E-state index contributed by atoms with van der Waals surface area (Å²) in [6.45, 7) is 0. The first-order valence-electron chi connectivity index (χ1n) is 3.25. The van der Waals surface area contributed by atoms with Crippen LogP contribution in [0.2, 0.25) is 5.02 Å². The monoisotopic (exact) mass is 244 g/mol. The Morgan fingerprint density at radius 2 is 2.25 bits per heavy atom. The molecule has 0 aromatic heterocycles. The molecule has 0 atom stereocenters. The van der Waals surface area contributed by atoms with Crippen LogP contribution in [0.5, 0.6) is 0 Å². The van der Waals surface area contributed by atoms with E-state index in [9.17, 15) is 0 Å². The molecule has 0 unspecified atom stereocenters. The van der Waals surface area contributed by atoms with Crippen LogP contribution in [0.25, 0.3) is 0 Å². The van der Waals surface area contributed by atoms with Crippen LogP contribution in [0.1, 0.15) is 5.56 Å². The lowest BCUT2D eigenvalue weighted by Crippen LogP contribution is -1.90. The second-order valence-corrected chi connectivity index (χ2v) is 3.56. The first-order valence-corrected chi connectivity index (χ1v) is 4.42. The summed E-state index contributed by atoms with van der Waals surface area (Å²) in [5, 5.41) is 9.01. The highest BCUT2D eigenvalue weighted by atomic mass is 79.9. The molecule has 62 valence electrons. The summed E-state index contributed by atoms with van der Waals surface area (Å²) in [7, 11) is 0. The third-order valence-electron chi connectivity index (χ3n) is 1.42. The molecule has 0 amide bonds. The van der Waals surface area contributed by atoms with E-state index in [0.29, 0.717) is 17.1 Å². The van der Waals surface area contributed by atoms with E-state index in [-0.39, 0.29) is 0 Å². The minimum absolute atomic E-state index is 0.291. The van der Waals surface area contributed by atoms with Gasteiger partial charge in [0.15, 0.2) is 0 Å². The molecule has 0 aliphatic carbocycles. The molecule has 0 saturated carbocycles. The summed E-state index contributed by atoms with van der Waals surface area (Å²) in [5.74, 6) is 0. The number of rotatable bonds is 1. The van der Waals surface area contributed by atoms with Crippen molar-refractivity contribution in [3.05, 3.63) is 27.2 Å². The van der Waals surface area contributed by atoms with Crippen molar-refractivity contribution >= 4 is 33.2 Å². The number of nitrogen functional groups attached to an aromatic ring is 1. The van der Waals surface area contributed by atoms with E-state index in [4.69, 9.17) is 22.6 Å². The lowest BCUT2D eigenvalue weighted by Gasteiger charge is -2.03. The van der Waals surface area contributed by atoms with Gasteiger partial charge in [-0.05, 0) is 17.7 Å². The highest BCUT2D eigenvalue weighted by Gasteiger charge is 2.05.